The van der Waals surface area contributed by atoms with E-state index in [1.807, 2.05) is 67.6 Å². The van der Waals surface area contributed by atoms with Gasteiger partial charge in [0.2, 0.25) is 0 Å². The highest BCUT2D eigenvalue weighted by Gasteiger charge is 2.32. The third kappa shape index (κ3) is 5.27. The number of aryl methyl sites for hydroxylation is 1. The number of carbonyl (C=O) groups excluding carboxylic acids is 1. The lowest BCUT2D eigenvalue weighted by Gasteiger charge is -2.18. The van der Waals surface area contributed by atoms with E-state index in [9.17, 15) is 14.9 Å². The SMILES string of the molecule is Cc1ccc(CN2C(=O)/C(=C\c3c(C)c(C#N)c(=O)n(C)c3NCCc3ccccc3)SC2=S)cc1. The quantitative estimate of drug-likeness (QED) is 0.356. The van der Waals surface area contributed by atoms with Crippen LogP contribution in [-0.2, 0) is 24.8 Å². The number of thiocarbonyl (C=S) groups is 1. The number of aromatic nitrogens is 1. The maximum absolute atomic E-state index is 13.3. The lowest BCUT2D eigenvalue weighted by Crippen LogP contribution is -2.27. The summed E-state index contributed by atoms with van der Waals surface area (Å²) < 4.78 is 1.92. The number of hydrogen-bond acceptors (Lipinski definition) is 6. The predicted octanol–water partition coefficient (Wildman–Crippen LogP) is 4.93. The molecule has 1 fully saturated rings. The van der Waals surface area contributed by atoms with Gasteiger partial charge in [0.15, 0.2) is 0 Å². The minimum absolute atomic E-state index is 0.0625. The summed E-state index contributed by atoms with van der Waals surface area (Å²) >= 11 is 6.76. The molecule has 0 aliphatic carbocycles. The van der Waals surface area contributed by atoms with Crippen LogP contribution in [0, 0.1) is 25.2 Å². The topological polar surface area (TPSA) is 78.1 Å². The van der Waals surface area contributed by atoms with E-state index in [1.54, 1.807) is 24.9 Å². The van der Waals surface area contributed by atoms with E-state index in [2.05, 4.69) is 5.32 Å². The summed E-state index contributed by atoms with van der Waals surface area (Å²) in [5.74, 6) is 0.379. The largest absolute Gasteiger partial charge is 0.371 e. The highest BCUT2D eigenvalue weighted by molar-refractivity contribution is 8.26. The Kier molecular flexibility index (Phi) is 7.73. The molecule has 1 amide bonds. The molecule has 182 valence electrons. The minimum Gasteiger partial charge on any atom is -0.371 e. The van der Waals surface area contributed by atoms with Crippen LogP contribution in [0.3, 0.4) is 0 Å². The van der Waals surface area contributed by atoms with Crippen molar-refractivity contribution in [1.82, 2.24) is 9.47 Å². The Morgan fingerprint density at radius 2 is 1.75 bits per heavy atom. The number of nitrogens with one attached hydrogen (secondary N) is 1. The number of thioether (sulfide) groups is 1. The number of rotatable bonds is 7. The van der Waals surface area contributed by atoms with E-state index in [1.165, 1.54) is 21.9 Å². The first-order valence-electron chi connectivity index (χ1n) is 11.5. The maximum atomic E-state index is 13.3. The van der Waals surface area contributed by atoms with Crippen LogP contribution in [0.4, 0.5) is 5.82 Å². The fourth-order valence-corrected chi connectivity index (χ4v) is 5.29. The number of hydrogen-bond donors (Lipinski definition) is 1. The first-order valence-corrected chi connectivity index (χ1v) is 12.7. The Morgan fingerprint density at radius 1 is 1.06 bits per heavy atom. The van der Waals surface area contributed by atoms with E-state index in [0.29, 0.717) is 39.3 Å². The second kappa shape index (κ2) is 10.9. The molecular weight excluding hydrogens is 488 g/mol. The van der Waals surface area contributed by atoms with Crippen molar-refractivity contribution in [3.63, 3.8) is 0 Å². The molecule has 0 unspecified atom stereocenters. The van der Waals surface area contributed by atoms with E-state index >= 15 is 0 Å². The Balaban J connectivity index is 1.67. The molecule has 0 bridgehead atoms. The summed E-state index contributed by atoms with van der Waals surface area (Å²) in [6, 6.07) is 20.1. The van der Waals surface area contributed by atoms with Gasteiger partial charge in [-0.3, -0.25) is 19.1 Å². The van der Waals surface area contributed by atoms with Crippen LogP contribution < -0.4 is 10.9 Å². The lowest BCUT2D eigenvalue weighted by atomic mass is 10.0. The summed E-state index contributed by atoms with van der Waals surface area (Å²) in [6.07, 6.45) is 2.50. The maximum Gasteiger partial charge on any atom is 0.270 e. The van der Waals surface area contributed by atoms with Gasteiger partial charge in [0.05, 0.1) is 11.4 Å². The molecule has 0 saturated carbocycles. The molecule has 1 saturated heterocycles. The molecule has 0 radical (unpaired) electrons. The zero-order chi connectivity index (χ0) is 25.8. The Morgan fingerprint density at radius 3 is 2.42 bits per heavy atom. The highest BCUT2D eigenvalue weighted by atomic mass is 32.2. The monoisotopic (exact) mass is 514 g/mol. The van der Waals surface area contributed by atoms with Gasteiger partial charge in [-0.25, -0.2) is 0 Å². The lowest BCUT2D eigenvalue weighted by molar-refractivity contribution is -0.122. The van der Waals surface area contributed by atoms with Gasteiger partial charge in [0.25, 0.3) is 11.5 Å². The normalized spacial score (nSPS) is 14.4. The third-order valence-electron chi connectivity index (χ3n) is 6.16. The molecular formula is C28H26N4O2S2. The molecule has 0 spiro atoms. The first kappa shape index (κ1) is 25.4. The Hall–Kier alpha value is -3.67. The number of carbonyl (C=O) groups is 1. The van der Waals surface area contributed by atoms with Crippen LogP contribution in [0.15, 0.2) is 64.3 Å². The highest BCUT2D eigenvalue weighted by Crippen LogP contribution is 2.35. The van der Waals surface area contributed by atoms with Gasteiger partial charge in [-0.15, -0.1) is 0 Å². The van der Waals surface area contributed by atoms with E-state index < -0.39 is 0 Å². The van der Waals surface area contributed by atoms with Gasteiger partial charge >= 0.3 is 0 Å². The summed E-state index contributed by atoms with van der Waals surface area (Å²) in [4.78, 5) is 28.2. The Bertz CT molecular complexity index is 1450. The van der Waals surface area contributed by atoms with Crippen molar-refractivity contribution in [1.29, 1.82) is 5.26 Å². The molecule has 2 heterocycles. The van der Waals surface area contributed by atoms with Crippen LogP contribution in [0.2, 0.25) is 0 Å². The summed E-state index contributed by atoms with van der Waals surface area (Å²) in [5.41, 5.74) is 4.16. The van der Waals surface area contributed by atoms with Crippen LogP contribution in [0.5, 0.6) is 0 Å². The number of amides is 1. The van der Waals surface area contributed by atoms with E-state index in [0.717, 1.165) is 17.5 Å². The van der Waals surface area contributed by atoms with Crippen molar-refractivity contribution in [2.24, 2.45) is 7.05 Å². The van der Waals surface area contributed by atoms with Crippen molar-refractivity contribution in [2.75, 3.05) is 11.9 Å². The fraction of sp³-hybridized carbons (Fsp3) is 0.214. The standard InChI is InChI=1S/C28H26N4O2S2/c1-18-9-11-21(12-10-18)17-32-27(34)24(36-28(32)35)15-22-19(2)23(16-29)26(33)31(3)25(22)30-14-13-20-7-5-4-6-8-20/h4-12,15,30H,13-14,17H2,1-3H3/b24-15+. The van der Waals surface area contributed by atoms with Crippen molar-refractivity contribution in [2.45, 2.75) is 26.8 Å². The van der Waals surface area contributed by atoms with E-state index in [-0.39, 0.29) is 17.0 Å². The zero-order valence-corrected chi connectivity index (χ0v) is 22.0. The van der Waals surface area contributed by atoms with Crippen molar-refractivity contribution in [3.05, 3.63) is 103 Å². The number of nitrogens with zero attached hydrogens (tertiary/aromatic N) is 3. The van der Waals surface area contributed by atoms with Crippen LogP contribution in [0.1, 0.15) is 33.4 Å². The summed E-state index contributed by atoms with van der Waals surface area (Å²) in [5, 5.41) is 13.0. The molecule has 2 aromatic carbocycles. The molecule has 1 aliphatic heterocycles. The molecule has 3 aromatic rings. The number of benzene rings is 2. The van der Waals surface area contributed by atoms with E-state index in [4.69, 9.17) is 12.2 Å². The molecule has 8 heteroatoms. The molecule has 0 atom stereocenters. The Labute approximate surface area is 220 Å². The predicted molar refractivity (Wildman–Crippen MR) is 150 cm³/mol. The second-order valence-electron chi connectivity index (χ2n) is 8.65. The molecule has 1 N–H and O–H groups in total. The molecule has 1 aliphatic rings. The van der Waals surface area contributed by atoms with Gasteiger partial charge in [0, 0.05) is 19.2 Å². The smallest absolute Gasteiger partial charge is 0.270 e. The summed E-state index contributed by atoms with van der Waals surface area (Å²) in [6.45, 7) is 4.72. The van der Waals surface area contributed by atoms with Crippen molar-refractivity contribution < 1.29 is 4.79 Å². The number of nitriles is 1. The van der Waals surface area contributed by atoms with Crippen LogP contribution in [-0.4, -0.2) is 26.2 Å². The van der Waals surface area contributed by atoms with Gasteiger partial charge in [-0.1, -0.05) is 84.1 Å². The first-order chi connectivity index (χ1) is 17.3. The van der Waals surface area contributed by atoms with Crippen LogP contribution >= 0.6 is 24.0 Å². The average Bonchev–Trinajstić information content (AvgIpc) is 3.14. The number of anilines is 1. The van der Waals surface area contributed by atoms with Crippen molar-refractivity contribution in [3.8, 4) is 6.07 Å². The van der Waals surface area contributed by atoms with Gasteiger partial charge < -0.3 is 5.32 Å². The molecule has 4 rings (SSSR count). The third-order valence-corrected chi connectivity index (χ3v) is 7.54. The van der Waals surface area contributed by atoms with Gasteiger partial charge in [-0.05, 0) is 43.0 Å². The van der Waals surface area contributed by atoms with Gasteiger partial charge in [0.1, 0.15) is 21.8 Å². The van der Waals surface area contributed by atoms with Crippen molar-refractivity contribution >= 4 is 46.1 Å². The van der Waals surface area contributed by atoms with Gasteiger partial charge in [-0.2, -0.15) is 5.26 Å². The molecule has 1 aromatic heterocycles. The molecule has 6 nitrogen and oxygen atoms in total. The second-order valence-corrected chi connectivity index (χ2v) is 10.3. The fourth-order valence-electron chi connectivity index (χ4n) is 4.06. The molecule has 36 heavy (non-hydrogen) atoms. The average molecular weight is 515 g/mol. The number of pyridine rings is 1. The zero-order valence-electron chi connectivity index (χ0n) is 20.4. The van der Waals surface area contributed by atoms with Crippen LogP contribution in [0.25, 0.3) is 6.08 Å². The summed E-state index contributed by atoms with van der Waals surface area (Å²) in [7, 11) is 1.63. The minimum atomic E-state index is -0.374.